The van der Waals surface area contributed by atoms with Gasteiger partial charge in [-0.05, 0) is 69.3 Å². The van der Waals surface area contributed by atoms with Gasteiger partial charge in [-0.2, -0.15) is 13.2 Å². The fourth-order valence-electron chi connectivity index (χ4n) is 6.30. The van der Waals surface area contributed by atoms with Gasteiger partial charge in [0.25, 0.3) is 5.91 Å². The zero-order valence-electron chi connectivity index (χ0n) is 21.7. The van der Waals surface area contributed by atoms with Gasteiger partial charge >= 0.3 is 12.1 Å². The summed E-state index contributed by atoms with van der Waals surface area (Å²) in [6, 6.07) is 1.80. The van der Waals surface area contributed by atoms with Crippen LogP contribution in [0.2, 0.25) is 0 Å². The fraction of sp³-hybridized carbons (Fsp3) is 0.667. The molecule has 0 aromatic heterocycles. The van der Waals surface area contributed by atoms with Crippen molar-refractivity contribution in [3.05, 3.63) is 23.5 Å². The second kappa shape index (κ2) is 12.0. The van der Waals surface area contributed by atoms with E-state index < -0.39 is 54.3 Å². The summed E-state index contributed by atoms with van der Waals surface area (Å²) in [7, 11) is 1.30. The second-order valence-electron chi connectivity index (χ2n) is 10.8. The maximum atomic E-state index is 14.8. The highest BCUT2D eigenvalue weighted by atomic mass is 19.4. The Kier molecular flexibility index (Phi) is 8.90. The number of hydrogen-bond donors (Lipinski definition) is 3. The number of hydrogen-bond acceptors (Lipinski definition) is 5. The number of rotatable bonds is 10. The van der Waals surface area contributed by atoms with Crippen LogP contribution in [0.15, 0.2) is 12.1 Å². The van der Waals surface area contributed by atoms with E-state index in [9.17, 15) is 37.1 Å². The zero-order valence-corrected chi connectivity index (χ0v) is 21.7. The molecule has 3 aliphatic rings. The third-order valence-electron chi connectivity index (χ3n) is 8.27. The van der Waals surface area contributed by atoms with Gasteiger partial charge in [0, 0.05) is 25.1 Å². The molecule has 0 radical (unpaired) electrons. The molecule has 216 valence electrons. The summed E-state index contributed by atoms with van der Waals surface area (Å²) < 4.78 is 63.2. The molecule has 3 aliphatic carbocycles. The van der Waals surface area contributed by atoms with Crippen molar-refractivity contribution in [2.24, 2.45) is 23.7 Å². The van der Waals surface area contributed by atoms with E-state index in [4.69, 9.17) is 9.47 Å². The number of amides is 2. The molecular weight excluding hydrogens is 524 g/mol. The molecule has 8 nitrogen and oxygen atoms in total. The topological polar surface area (TPSA) is 114 Å². The van der Waals surface area contributed by atoms with E-state index in [0.29, 0.717) is 25.7 Å². The van der Waals surface area contributed by atoms with E-state index in [2.05, 4.69) is 10.6 Å². The molecule has 3 N–H and O–H groups in total. The lowest BCUT2D eigenvalue weighted by Crippen LogP contribution is -2.50. The maximum absolute atomic E-state index is 14.8. The molecule has 39 heavy (non-hydrogen) atoms. The van der Waals surface area contributed by atoms with Gasteiger partial charge in [-0.25, -0.2) is 4.39 Å². The minimum atomic E-state index is -4.29. The molecule has 4 atom stereocenters. The van der Waals surface area contributed by atoms with E-state index in [1.807, 2.05) is 0 Å². The van der Waals surface area contributed by atoms with Gasteiger partial charge in [-0.1, -0.05) is 0 Å². The molecule has 2 amide bonds. The van der Waals surface area contributed by atoms with Crippen LogP contribution in [-0.4, -0.2) is 54.9 Å². The van der Waals surface area contributed by atoms with Crippen molar-refractivity contribution >= 4 is 17.8 Å². The highest BCUT2D eigenvalue weighted by Crippen LogP contribution is 2.49. The fourth-order valence-corrected chi connectivity index (χ4v) is 6.30. The smallest absolute Gasteiger partial charge is 0.389 e. The summed E-state index contributed by atoms with van der Waals surface area (Å²) in [5.41, 5.74) is 0.0280. The monoisotopic (exact) mass is 558 g/mol. The first kappa shape index (κ1) is 28.9. The van der Waals surface area contributed by atoms with Crippen molar-refractivity contribution in [1.29, 1.82) is 0 Å². The van der Waals surface area contributed by atoms with Gasteiger partial charge in [0.05, 0.1) is 30.6 Å². The number of carboxylic acid groups (broad SMARTS) is 1. The average Bonchev–Trinajstić information content (AvgIpc) is 3.49. The number of carbonyl (C=O) groups is 3. The highest BCUT2D eigenvalue weighted by molar-refractivity contribution is 5.98. The second-order valence-corrected chi connectivity index (χ2v) is 10.8. The Bertz CT molecular complexity index is 1070. The van der Waals surface area contributed by atoms with Crippen molar-refractivity contribution in [2.75, 3.05) is 13.7 Å². The van der Waals surface area contributed by atoms with Crippen molar-refractivity contribution in [3.63, 3.8) is 0 Å². The number of alkyl halides is 3. The Morgan fingerprint density at radius 3 is 2.36 bits per heavy atom. The predicted molar refractivity (Wildman–Crippen MR) is 131 cm³/mol. The van der Waals surface area contributed by atoms with E-state index in [-0.39, 0.29) is 47.8 Å². The number of carbonyl (C=O) groups excluding carboxylic acids is 2. The SMILES string of the molecule is COc1cc(F)c(O[C@H]2CC[C@@H](C(=O)O)CC2)cc1C(=O)NC1C(C(=O)NCCCC(F)(F)F)[C@@H]2CC[C@H]1C2. The van der Waals surface area contributed by atoms with Crippen LogP contribution in [0.25, 0.3) is 0 Å². The molecule has 0 saturated heterocycles. The van der Waals surface area contributed by atoms with Gasteiger partial charge < -0.3 is 25.2 Å². The largest absolute Gasteiger partial charge is 0.496 e. The first-order valence-corrected chi connectivity index (χ1v) is 13.4. The lowest BCUT2D eigenvalue weighted by Gasteiger charge is -2.31. The van der Waals surface area contributed by atoms with Crippen LogP contribution >= 0.6 is 0 Å². The third-order valence-corrected chi connectivity index (χ3v) is 8.27. The standard InChI is InChI=1S/C27H34F4N2O6/c1-38-20-13-19(28)21(39-17-7-5-14(6-8-17)26(36)37)12-18(20)24(34)33-23-16-4-3-15(11-16)22(23)25(35)32-10-2-9-27(29,30)31/h12-17,22-23H,2-11H2,1H3,(H,32,35)(H,33,34)(H,36,37)/t14-,15-,16+,17+,22?,23?/m1/s1. The molecule has 0 aliphatic heterocycles. The molecule has 3 saturated carbocycles. The molecular formula is C27H34F4N2O6. The van der Waals surface area contributed by atoms with Crippen LogP contribution < -0.4 is 20.1 Å². The first-order chi connectivity index (χ1) is 18.5. The predicted octanol–water partition coefficient (Wildman–Crippen LogP) is 4.46. The Balaban J connectivity index is 1.43. The molecule has 0 spiro atoms. The lowest BCUT2D eigenvalue weighted by atomic mass is 9.83. The number of methoxy groups -OCH3 is 1. The molecule has 0 heterocycles. The van der Waals surface area contributed by atoms with Gasteiger partial charge in [0.1, 0.15) is 5.75 Å². The average molecular weight is 559 g/mol. The lowest BCUT2D eigenvalue weighted by molar-refractivity contribution is -0.143. The molecule has 1 aromatic rings. The summed E-state index contributed by atoms with van der Waals surface area (Å²) in [5.74, 6) is -3.63. The number of halogens is 4. The van der Waals surface area contributed by atoms with Gasteiger partial charge in [0.2, 0.25) is 5.91 Å². The van der Waals surface area contributed by atoms with E-state index >= 15 is 0 Å². The van der Waals surface area contributed by atoms with Crippen molar-refractivity contribution in [1.82, 2.24) is 10.6 Å². The summed E-state index contributed by atoms with van der Waals surface area (Å²) in [5, 5.41) is 14.7. The normalized spacial score (nSPS) is 28.1. The van der Waals surface area contributed by atoms with E-state index in [1.54, 1.807) is 0 Å². The molecule has 12 heteroatoms. The minimum absolute atomic E-state index is 0.0109. The van der Waals surface area contributed by atoms with E-state index in [1.165, 1.54) is 13.2 Å². The molecule has 2 bridgehead atoms. The quantitative estimate of drug-likeness (QED) is 0.289. The Hall–Kier alpha value is -3.05. The van der Waals surface area contributed by atoms with Crippen molar-refractivity contribution < 1.29 is 46.5 Å². The first-order valence-electron chi connectivity index (χ1n) is 13.4. The van der Waals surface area contributed by atoms with Crippen LogP contribution in [0.3, 0.4) is 0 Å². The minimum Gasteiger partial charge on any atom is -0.496 e. The maximum Gasteiger partial charge on any atom is 0.389 e. The highest BCUT2D eigenvalue weighted by Gasteiger charge is 2.51. The molecule has 3 fully saturated rings. The summed E-state index contributed by atoms with van der Waals surface area (Å²) >= 11 is 0. The third kappa shape index (κ3) is 6.94. The number of benzene rings is 1. The number of fused-ring (bicyclic) bond motifs is 2. The molecule has 1 aromatic carbocycles. The summed E-state index contributed by atoms with van der Waals surface area (Å²) in [6.45, 7) is -0.103. The number of ether oxygens (including phenoxy) is 2. The van der Waals surface area contributed by atoms with Crippen LogP contribution in [0.1, 0.15) is 68.1 Å². The van der Waals surface area contributed by atoms with Gasteiger partial charge in [0.15, 0.2) is 11.6 Å². The number of carboxylic acids is 1. The van der Waals surface area contributed by atoms with Crippen LogP contribution in [0.4, 0.5) is 17.6 Å². The summed E-state index contributed by atoms with van der Waals surface area (Å²) in [4.78, 5) is 37.5. The molecule has 4 rings (SSSR count). The van der Waals surface area contributed by atoms with Crippen LogP contribution in [-0.2, 0) is 9.59 Å². The van der Waals surface area contributed by atoms with Crippen LogP contribution in [0.5, 0.6) is 11.5 Å². The van der Waals surface area contributed by atoms with Crippen molar-refractivity contribution in [3.8, 4) is 11.5 Å². The Labute approximate surface area is 223 Å². The number of nitrogens with one attached hydrogen (secondary N) is 2. The van der Waals surface area contributed by atoms with Crippen LogP contribution in [0, 0.1) is 29.5 Å². The molecule has 2 unspecified atom stereocenters. The number of aliphatic carboxylic acids is 1. The summed E-state index contributed by atoms with van der Waals surface area (Å²) in [6.07, 6.45) is -1.83. The zero-order chi connectivity index (χ0) is 28.3. The Morgan fingerprint density at radius 1 is 1.03 bits per heavy atom. The van der Waals surface area contributed by atoms with Gasteiger partial charge in [-0.3, -0.25) is 14.4 Å². The van der Waals surface area contributed by atoms with Crippen molar-refractivity contribution in [2.45, 2.75) is 76.1 Å². The van der Waals surface area contributed by atoms with E-state index in [0.717, 1.165) is 25.3 Å². The Morgan fingerprint density at radius 2 is 1.72 bits per heavy atom. The van der Waals surface area contributed by atoms with Gasteiger partial charge in [-0.15, -0.1) is 0 Å².